The maximum absolute atomic E-state index is 6.54. The minimum Gasteiger partial charge on any atom is -0.457 e. The first-order valence-corrected chi connectivity index (χ1v) is 18.6. The third-order valence-electron chi connectivity index (χ3n) is 11.4. The molecule has 8 aromatic rings. The van der Waals surface area contributed by atoms with Gasteiger partial charge in [0.2, 0.25) is 0 Å². The Morgan fingerprint density at radius 2 is 0.963 bits per heavy atom. The maximum Gasteiger partial charge on any atom is 0.133 e. The minimum atomic E-state index is -0.490. The summed E-state index contributed by atoms with van der Waals surface area (Å²) in [7, 11) is 0. The third kappa shape index (κ3) is 4.58. The second kappa shape index (κ2) is 12.0. The van der Waals surface area contributed by atoms with Crippen LogP contribution >= 0.6 is 0 Å². The third-order valence-corrected chi connectivity index (χ3v) is 11.4. The molecule has 0 fully saturated rings. The van der Waals surface area contributed by atoms with E-state index in [1.165, 1.54) is 61.2 Å². The van der Waals surface area contributed by atoms with Gasteiger partial charge in [0.1, 0.15) is 23.4 Å². The molecule has 1 unspecified atom stereocenters. The maximum atomic E-state index is 6.54. The first kappa shape index (κ1) is 30.6. The van der Waals surface area contributed by atoms with Crippen molar-refractivity contribution < 1.29 is 4.74 Å². The molecule has 1 N–H and O–H groups in total. The van der Waals surface area contributed by atoms with Crippen LogP contribution in [0.25, 0.3) is 33.4 Å². The van der Waals surface area contributed by atoms with E-state index in [9.17, 15) is 0 Å². The lowest BCUT2D eigenvalue weighted by Crippen LogP contribution is -2.32. The van der Waals surface area contributed by atoms with Crippen LogP contribution in [-0.4, -0.2) is 5.84 Å². The van der Waals surface area contributed by atoms with E-state index in [-0.39, 0.29) is 6.04 Å². The Balaban J connectivity index is 0.987. The molecule has 54 heavy (non-hydrogen) atoms. The highest BCUT2D eigenvalue weighted by Crippen LogP contribution is 2.62. The average Bonchev–Trinajstić information content (AvgIpc) is 3.54. The number of benzene rings is 8. The molecule has 254 valence electrons. The van der Waals surface area contributed by atoms with Crippen molar-refractivity contribution in [2.75, 3.05) is 5.32 Å². The molecule has 1 aliphatic carbocycles. The molecule has 0 amide bonds. The van der Waals surface area contributed by atoms with Gasteiger partial charge in [-0.15, -0.1) is 0 Å². The van der Waals surface area contributed by atoms with Crippen molar-refractivity contribution in [3.05, 3.63) is 233 Å². The van der Waals surface area contributed by atoms with E-state index in [1.807, 2.05) is 0 Å². The number of fused-ring (bicyclic) bond motifs is 10. The highest BCUT2D eigenvalue weighted by molar-refractivity contribution is 6.10. The molecule has 3 aliphatic rings. The molecule has 1 spiro atoms. The van der Waals surface area contributed by atoms with Gasteiger partial charge in [0.15, 0.2) is 0 Å². The Kier molecular flexibility index (Phi) is 6.83. The SMILES string of the molecule is c1ccc(-c2ccc(C3N=C(c4ccc(-c5ccc6c(c5)C5(c7ccccc7Oc7ccccc75)c5ccccc5-6)cc4)Nc4ccccc43)cc2)cc1. The van der Waals surface area contributed by atoms with Crippen molar-refractivity contribution in [3.63, 3.8) is 0 Å². The van der Waals surface area contributed by atoms with E-state index in [1.54, 1.807) is 0 Å². The summed E-state index contributed by atoms with van der Waals surface area (Å²) < 4.78 is 6.54. The fraction of sp³-hybridized carbons (Fsp3) is 0.0392. The van der Waals surface area contributed by atoms with Crippen LogP contribution in [0, 0.1) is 0 Å². The number of anilines is 1. The van der Waals surface area contributed by atoms with Gasteiger partial charge in [0, 0.05) is 27.9 Å². The normalized spacial score (nSPS) is 15.4. The summed E-state index contributed by atoms with van der Waals surface area (Å²) in [6.45, 7) is 0. The summed E-state index contributed by atoms with van der Waals surface area (Å²) in [5, 5.41) is 3.65. The van der Waals surface area contributed by atoms with Gasteiger partial charge in [-0.1, -0.05) is 170 Å². The summed E-state index contributed by atoms with van der Waals surface area (Å²) in [4.78, 5) is 5.33. The number of amidine groups is 1. The lowest BCUT2D eigenvalue weighted by atomic mass is 9.66. The van der Waals surface area contributed by atoms with Crippen molar-refractivity contribution in [1.29, 1.82) is 0 Å². The van der Waals surface area contributed by atoms with Crippen LogP contribution in [-0.2, 0) is 5.41 Å². The van der Waals surface area contributed by atoms with E-state index >= 15 is 0 Å². The summed E-state index contributed by atoms with van der Waals surface area (Å²) in [6, 6.07) is 69.5. The molecule has 11 rings (SSSR count). The zero-order valence-corrected chi connectivity index (χ0v) is 29.4. The molecule has 0 aromatic heterocycles. The standard InChI is InChI=1S/C51H34N2O/c1-2-12-33(13-3-1)34-22-26-36(27-23-34)49-41-15-5-9-19-46(41)52-50(53-49)37-28-24-35(25-29-37)38-30-31-40-39-14-4-6-16-42(39)51(45(40)32-38)43-17-7-10-20-47(43)54-48-21-11-8-18-44(48)51/h1-32,49H,(H,52,53). The van der Waals surface area contributed by atoms with Gasteiger partial charge in [0.25, 0.3) is 0 Å². The zero-order valence-electron chi connectivity index (χ0n) is 29.4. The van der Waals surface area contributed by atoms with Crippen LogP contribution in [0.3, 0.4) is 0 Å². The number of nitrogens with one attached hydrogen (secondary N) is 1. The van der Waals surface area contributed by atoms with Crippen molar-refractivity contribution in [1.82, 2.24) is 0 Å². The van der Waals surface area contributed by atoms with Crippen molar-refractivity contribution in [2.24, 2.45) is 4.99 Å². The smallest absolute Gasteiger partial charge is 0.133 e. The number of rotatable bonds is 4. The molecule has 0 bridgehead atoms. The fourth-order valence-corrected chi connectivity index (χ4v) is 8.95. The Morgan fingerprint density at radius 3 is 1.72 bits per heavy atom. The Hall–Kier alpha value is -6.97. The summed E-state index contributed by atoms with van der Waals surface area (Å²) in [5.74, 6) is 2.68. The molecule has 2 heterocycles. The predicted molar refractivity (Wildman–Crippen MR) is 220 cm³/mol. The second-order valence-corrected chi connectivity index (χ2v) is 14.3. The van der Waals surface area contributed by atoms with E-state index in [4.69, 9.17) is 9.73 Å². The summed E-state index contributed by atoms with van der Waals surface area (Å²) in [6.07, 6.45) is 0. The molecule has 3 heteroatoms. The Labute approximate surface area is 314 Å². The first-order chi connectivity index (χ1) is 26.8. The monoisotopic (exact) mass is 690 g/mol. The lowest BCUT2D eigenvalue weighted by Gasteiger charge is -2.39. The van der Waals surface area contributed by atoms with Crippen LogP contribution < -0.4 is 10.1 Å². The zero-order chi connectivity index (χ0) is 35.6. The van der Waals surface area contributed by atoms with Gasteiger partial charge < -0.3 is 10.1 Å². The molecular weight excluding hydrogens is 657 g/mol. The Bertz CT molecular complexity index is 2720. The van der Waals surface area contributed by atoms with Gasteiger partial charge in [-0.05, 0) is 74.3 Å². The van der Waals surface area contributed by atoms with Gasteiger partial charge in [0.05, 0.1) is 5.41 Å². The van der Waals surface area contributed by atoms with Gasteiger partial charge in [-0.25, -0.2) is 0 Å². The predicted octanol–water partition coefficient (Wildman–Crippen LogP) is 12.5. The van der Waals surface area contributed by atoms with Crippen LogP contribution in [0.15, 0.2) is 199 Å². The largest absolute Gasteiger partial charge is 0.457 e. The average molecular weight is 691 g/mol. The summed E-state index contributed by atoms with van der Waals surface area (Å²) >= 11 is 0. The van der Waals surface area contributed by atoms with E-state index in [0.29, 0.717) is 0 Å². The number of para-hydroxylation sites is 3. The second-order valence-electron chi connectivity index (χ2n) is 14.3. The number of aliphatic imine (C=N–C) groups is 1. The van der Waals surface area contributed by atoms with Crippen LogP contribution in [0.2, 0.25) is 0 Å². The first-order valence-electron chi connectivity index (χ1n) is 18.6. The molecule has 0 radical (unpaired) electrons. The highest BCUT2D eigenvalue weighted by Gasteiger charge is 2.51. The van der Waals surface area contributed by atoms with Crippen molar-refractivity contribution in [2.45, 2.75) is 11.5 Å². The molecule has 3 nitrogen and oxygen atoms in total. The lowest BCUT2D eigenvalue weighted by molar-refractivity contribution is 0.436. The van der Waals surface area contributed by atoms with E-state index < -0.39 is 5.41 Å². The number of nitrogens with zero attached hydrogens (tertiary/aromatic N) is 1. The van der Waals surface area contributed by atoms with E-state index in [2.05, 4.69) is 199 Å². The van der Waals surface area contributed by atoms with Crippen LogP contribution in [0.4, 0.5) is 5.69 Å². The molecule has 1 atom stereocenters. The summed E-state index contributed by atoms with van der Waals surface area (Å²) in [5.41, 5.74) is 16.2. The van der Waals surface area contributed by atoms with E-state index in [0.717, 1.165) is 34.1 Å². The van der Waals surface area contributed by atoms with Gasteiger partial charge in [-0.2, -0.15) is 0 Å². The van der Waals surface area contributed by atoms with Crippen LogP contribution in [0.1, 0.15) is 45.0 Å². The number of hydrogen-bond acceptors (Lipinski definition) is 3. The topological polar surface area (TPSA) is 33.6 Å². The number of hydrogen-bond donors (Lipinski definition) is 1. The van der Waals surface area contributed by atoms with Crippen molar-refractivity contribution in [3.8, 4) is 44.9 Å². The molecule has 0 saturated carbocycles. The van der Waals surface area contributed by atoms with Gasteiger partial charge in [-0.3, -0.25) is 4.99 Å². The van der Waals surface area contributed by atoms with Crippen LogP contribution in [0.5, 0.6) is 11.5 Å². The quantitative estimate of drug-likeness (QED) is 0.199. The molecular formula is C51H34N2O. The Morgan fingerprint density at radius 1 is 0.426 bits per heavy atom. The fourth-order valence-electron chi connectivity index (χ4n) is 8.95. The molecule has 0 saturated heterocycles. The number of ether oxygens (including phenoxy) is 1. The molecule has 2 aliphatic heterocycles. The molecule has 8 aromatic carbocycles. The van der Waals surface area contributed by atoms with Crippen molar-refractivity contribution >= 4 is 11.5 Å². The minimum absolute atomic E-state index is 0.110. The van der Waals surface area contributed by atoms with Gasteiger partial charge >= 0.3 is 0 Å². The highest BCUT2D eigenvalue weighted by atomic mass is 16.5.